The molecule has 2 aromatic carbocycles. The van der Waals surface area contributed by atoms with Crippen molar-refractivity contribution in [1.29, 1.82) is 0 Å². The molecule has 0 heterocycles. The number of ether oxygens (including phenoxy) is 2. The van der Waals surface area contributed by atoms with Crippen LogP contribution in [-0.4, -0.2) is 18.4 Å². The number of halogens is 4. The molecule has 0 aliphatic rings. The van der Waals surface area contributed by atoms with Crippen molar-refractivity contribution in [3.8, 4) is 11.5 Å². The van der Waals surface area contributed by atoms with Gasteiger partial charge in [0, 0.05) is 5.69 Å². The van der Waals surface area contributed by atoms with E-state index in [9.17, 15) is 18.0 Å². The minimum atomic E-state index is -4.78. The second-order valence-corrected chi connectivity index (χ2v) is 6.17. The highest BCUT2D eigenvalue weighted by Gasteiger charge is 2.31. The van der Waals surface area contributed by atoms with Crippen LogP contribution in [-0.2, 0) is 0 Å². The molecular weight excluding hydrogens is 371 g/mol. The first-order valence-electron chi connectivity index (χ1n) is 7.69. The molecule has 0 saturated carbocycles. The predicted molar refractivity (Wildman–Crippen MR) is 93.0 cm³/mol. The Balaban J connectivity index is 2.24. The Morgan fingerprint density at radius 3 is 2.46 bits per heavy atom. The molecule has 4 nitrogen and oxygen atoms in total. The maximum absolute atomic E-state index is 12.6. The van der Waals surface area contributed by atoms with Crippen molar-refractivity contribution in [2.75, 3.05) is 5.32 Å². The van der Waals surface area contributed by atoms with Gasteiger partial charge in [-0.1, -0.05) is 17.7 Å². The lowest BCUT2D eigenvalue weighted by atomic mass is 10.1. The standard InChI is InChI=1S/C18H17ClF3NO3/c1-10(2)25-16-13(5-4-6-14(16)19)17(24)23-15-8-7-12(9-11(15)3)26-18(20,21)22/h4-10H,1-3H3,(H,23,24). The van der Waals surface area contributed by atoms with Crippen molar-refractivity contribution in [2.24, 2.45) is 0 Å². The monoisotopic (exact) mass is 387 g/mol. The summed E-state index contributed by atoms with van der Waals surface area (Å²) in [6.07, 6.45) is -4.97. The second kappa shape index (κ2) is 7.86. The molecule has 0 radical (unpaired) electrons. The van der Waals surface area contributed by atoms with E-state index in [1.807, 2.05) is 0 Å². The average molecular weight is 388 g/mol. The maximum atomic E-state index is 12.6. The van der Waals surface area contributed by atoms with E-state index in [0.717, 1.165) is 6.07 Å². The smallest absolute Gasteiger partial charge is 0.489 e. The van der Waals surface area contributed by atoms with Gasteiger partial charge in [0.15, 0.2) is 5.75 Å². The molecule has 140 valence electrons. The molecule has 1 amide bonds. The summed E-state index contributed by atoms with van der Waals surface area (Å²) in [5, 5.41) is 2.93. The van der Waals surface area contributed by atoms with Gasteiger partial charge in [-0.2, -0.15) is 0 Å². The van der Waals surface area contributed by atoms with E-state index in [-0.39, 0.29) is 28.2 Å². The number of rotatable bonds is 5. The Bertz CT molecular complexity index is 807. The Morgan fingerprint density at radius 2 is 1.88 bits per heavy atom. The molecule has 1 N–H and O–H groups in total. The number of alkyl halides is 3. The fourth-order valence-electron chi connectivity index (χ4n) is 2.21. The van der Waals surface area contributed by atoms with Crippen LogP contribution >= 0.6 is 11.6 Å². The van der Waals surface area contributed by atoms with Gasteiger partial charge in [0.05, 0.1) is 16.7 Å². The van der Waals surface area contributed by atoms with Gasteiger partial charge in [-0.15, -0.1) is 13.2 Å². The third kappa shape index (κ3) is 5.29. The normalized spacial score (nSPS) is 11.4. The average Bonchev–Trinajstić information content (AvgIpc) is 2.50. The van der Waals surface area contributed by atoms with Crippen LogP contribution in [0.3, 0.4) is 0 Å². The molecule has 0 atom stereocenters. The van der Waals surface area contributed by atoms with Crippen LogP contribution in [0.25, 0.3) is 0 Å². The summed E-state index contributed by atoms with van der Waals surface area (Å²) in [4.78, 5) is 12.6. The maximum Gasteiger partial charge on any atom is 0.573 e. The Morgan fingerprint density at radius 1 is 1.19 bits per heavy atom. The summed E-state index contributed by atoms with van der Waals surface area (Å²) in [7, 11) is 0. The number of carbonyl (C=O) groups is 1. The Hall–Kier alpha value is -2.41. The van der Waals surface area contributed by atoms with E-state index >= 15 is 0 Å². The summed E-state index contributed by atoms with van der Waals surface area (Å²) in [5.41, 5.74) is 0.981. The van der Waals surface area contributed by atoms with E-state index in [4.69, 9.17) is 16.3 Å². The largest absolute Gasteiger partial charge is 0.573 e. The number of para-hydroxylation sites is 1. The van der Waals surface area contributed by atoms with Crippen molar-refractivity contribution in [3.05, 3.63) is 52.5 Å². The van der Waals surface area contributed by atoms with Crippen molar-refractivity contribution in [3.63, 3.8) is 0 Å². The number of hydrogen-bond acceptors (Lipinski definition) is 3. The fourth-order valence-corrected chi connectivity index (χ4v) is 2.43. The van der Waals surface area contributed by atoms with Gasteiger partial charge in [0.1, 0.15) is 5.75 Å². The topological polar surface area (TPSA) is 47.6 Å². The van der Waals surface area contributed by atoms with Crippen LogP contribution in [0.1, 0.15) is 29.8 Å². The molecule has 0 unspecified atom stereocenters. The second-order valence-electron chi connectivity index (χ2n) is 5.76. The molecule has 0 aliphatic heterocycles. The van der Waals surface area contributed by atoms with Gasteiger partial charge in [-0.3, -0.25) is 4.79 Å². The van der Waals surface area contributed by atoms with Crippen LogP contribution in [0.15, 0.2) is 36.4 Å². The molecule has 0 aliphatic carbocycles. The summed E-state index contributed by atoms with van der Waals surface area (Å²) >= 11 is 6.11. The van der Waals surface area contributed by atoms with E-state index in [2.05, 4.69) is 10.1 Å². The van der Waals surface area contributed by atoms with Crippen molar-refractivity contribution < 1.29 is 27.4 Å². The van der Waals surface area contributed by atoms with Crippen molar-refractivity contribution >= 4 is 23.2 Å². The molecule has 8 heteroatoms. The van der Waals surface area contributed by atoms with Gasteiger partial charge >= 0.3 is 6.36 Å². The number of benzene rings is 2. The fraction of sp³-hybridized carbons (Fsp3) is 0.278. The first-order chi connectivity index (χ1) is 12.1. The van der Waals surface area contributed by atoms with Crippen LogP contribution in [0.2, 0.25) is 5.02 Å². The zero-order chi connectivity index (χ0) is 19.5. The number of hydrogen-bond donors (Lipinski definition) is 1. The highest BCUT2D eigenvalue weighted by atomic mass is 35.5. The molecule has 26 heavy (non-hydrogen) atoms. The summed E-state index contributed by atoms with van der Waals surface area (Å²) < 4.78 is 46.3. The van der Waals surface area contributed by atoms with E-state index in [1.54, 1.807) is 39.0 Å². The number of anilines is 1. The quantitative estimate of drug-likeness (QED) is 0.727. The van der Waals surface area contributed by atoms with Crippen LogP contribution < -0.4 is 14.8 Å². The summed E-state index contributed by atoms with van der Waals surface area (Å²) in [6, 6.07) is 8.41. The lowest BCUT2D eigenvalue weighted by Crippen LogP contribution is -2.18. The third-order valence-corrected chi connectivity index (χ3v) is 3.54. The molecule has 0 aromatic heterocycles. The summed E-state index contributed by atoms with van der Waals surface area (Å²) in [5.74, 6) is -0.605. The van der Waals surface area contributed by atoms with Crippen molar-refractivity contribution in [1.82, 2.24) is 0 Å². The predicted octanol–water partition coefficient (Wildman–Crippen LogP) is 5.59. The Labute approximate surface area is 153 Å². The number of amides is 1. The zero-order valence-corrected chi connectivity index (χ0v) is 15.0. The third-order valence-electron chi connectivity index (χ3n) is 3.24. The van der Waals surface area contributed by atoms with Crippen LogP contribution in [0, 0.1) is 6.92 Å². The SMILES string of the molecule is Cc1cc(OC(F)(F)F)ccc1NC(=O)c1cccc(Cl)c1OC(C)C. The number of nitrogens with one attached hydrogen (secondary N) is 1. The van der Waals surface area contributed by atoms with Gasteiger partial charge in [0.25, 0.3) is 5.91 Å². The van der Waals surface area contributed by atoms with E-state index < -0.39 is 12.3 Å². The first kappa shape index (κ1) is 19.9. The van der Waals surface area contributed by atoms with Gasteiger partial charge in [0.2, 0.25) is 0 Å². The zero-order valence-electron chi connectivity index (χ0n) is 14.3. The molecule has 0 saturated heterocycles. The highest BCUT2D eigenvalue weighted by Crippen LogP contribution is 2.31. The highest BCUT2D eigenvalue weighted by molar-refractivity contribution is 6.32. The summed E-state index contributed by atoms with van der Waals surface area (Å²) in [6.45, 7) is 5.16. The lowest BCUT2D eigenvalue weighted by molar-refractivity contribution is -0.274. The van der Waals surface area contributed by atoms with E-state index in [1.165, 1.54) is 12.1 Å². The molecule has 0 spiro atoms. The van der Waals surface area contributed by atoms with Crippen LogP contribution in [0.5, 0.6) is 11.5 Å². The molecule has 0 fully saturated rings. The first-order valence-corrected chi connectivity index (χ1v) is 8.07. The lowest BCUT2D eigenvalue weighted by Gasteiger charge is -2.16. The van der Waals surface area contributed by atoms with Gasteiger partial charge in [-0.05, 0) is 56.7 Å². The minimum Gasteiger partial charge on any atom is -0.489 e. The number of carbonyl (C=O) groups excluding carboxylic acids is 1. The molecule has 2 aromatic rings. The molecular formula is C18H17ClF3NO3. The number of aryl methyl sites for hydroxylation is 1. The van der Waals surface area contributed by atoms with Crippen molar-refractivity contribution in [2.45, 2.75) is 33.2 Å². The molecule has 0 bridgehead atoms. The van der Waals surface area contributed by atoms with Gasteiger partial charge < -0.3 is 14.8 Å². The Kier molecular flexibility index (Phi) is 6.02. The van der Waals surface area contributed by atoms with E-state index in [0.29, 0.717) is 11.3 Å². The van der Waals surface area contributed by atoms with Gasteiger partial charge in [-0.25, -0.2) is 0 Å². The molecule has 2 rings (SSSR count). The van der Waals surface area contributed by atoms with Crippen LogP contribution in [0.4, 0.5) is 18.9 Å². The minimum absolute atomic E-state index is 0.193.